The maximum Gasteiger partial charge on any atom is 0.159 e. The lowest BCUT2D eigenvalue weighted by Crippen LogP contribution is -1.95. The van der Waals surface area contributed by atoms with Crippen LogP contribution in [0.2, 0.25) is 0 Å². The van der Waals surface area contributed by atoms with Crippen molar-refractivity contribution in [3.8, 4) is 11.1 Å². The summed E-state index contributed by atoms with van der Waals surface area (Å²) in [5, 5.41) is 0. The van der Waals surface area contributed by atoms with Gasteiger partial charge >= 0.3 is 0 Å². The SMILES string of the molecule is CCC(C)c1ccc(-c2cc(C(C)=O)ccc2F)cc1. The van der Waals surface area contributed by atoms with Crippen molar-refractivity contribution in [2.45, 2.75) is 33.1 Å². The molecule has 104 valence electrons. The van der Waals surface area contributed by atoms with Gasteiger partial charge in [0.25, 0.3) is 0 Å². The van der Waals surface area contributed by atoms with Crippen molar-refractivity contribution >= 4 is 5.78 Å². The molecule has 1 atom stereocenters. The van der Waals surface area contributed by atoms with Crippen molar-refractivity contribution < 1.29 is 9.18 Å². The van der Waals surface area contributed by atoms with Gasteiger partial charge < -0.3 is 0 Å². The van der Waals surface area contributed by atoms with E-state index >= 15 is 0 Å². The van der Waals surface area contributed by atoms with Crippen molar-refractivity contribution in [3.63, 3.8) is 0 Å². The first-order chi connectivity index (χ1) is 9.52. The van der Waals surface area contributed by atoms with Crippen LogP contribution in [-0.2, 0) is 0 Å². The van der Waals surface area contributed by atoms with Gasteiger partial charge in [-0.3, -0.25) is 4.79 Å². The summed E-state index contributed by atoms with van der Waals surface area (Å²) >= 11 is 0. The maximum atomic E-state index is 13.9. The Balaban J connectivity index is 2.41. The number of hydrogen-bond acceptors (Lipinski definition) is 1. The van der Waals surface area contributed by atoms with Crippen LogP contribution in [0.4, 0.5) is 4.39 Å². The molecule has 0 aromatic heterocycles. The third-order valence-electron chi connectivity index (χ3n) is 3.78. The molecule has 0 N–H and O–H groups in total. The second-order valence-corrected chi connectivity index (χ2v) is 5.18. The molecule has 2 heteroatoms. The largest absolute Gasteiger partial charge is 0.295 e. The lowest BCUT2D eigenvalue weighted by molar-refractivity contribution is 0.101. The summed E-state index contributed by atoms with van der Waals surface area (Å²) in [5.74, 6) is 0.145. The standard InChI is InChI=1S/C18H19FO/c1-4-12(2)14-5-7-15(8-6-14)17-11-16(13(3)20)9-10-18(17)19/h5-12H,4H2,1-3H3. The van der Waals surface area contributed by atoms with Gasteiger partial charge in [-0.1, -0.05) is 38.1 Å². The second kappa shape index (κ2) is 6.00. The van der Waals surface area contributed by atoms with Gasteiger partial charge in [-0.25, -0.2) is 4.39 Å². The molecule has 2 aromatic rings. The summed E-state index contributed by atoms with van der Waals surface area (Å²) in [6.07, 6.45) is 1.08. The number of carbonyl (C=O) groups is 1. The average Bonchev–Trinajstić information content (AvgIpc) is 2.47. The van der Waals surface area contributed by atoms with Gasteiger partial charge in [0.2, 0.25) is 0 Å². The van der Waals surface area contributed by atoms with E-state index in [1.807, 2.05) is 24.3 Å². The number of hydrogen-bond donors (Lipinski definition) is 0. The number of Topliss-reactive ketones (excluding diaryl/α,β-unsaturated/α-hetero) is 1. The lowest BCUT2D eigenvalue weighted by atomic mass is 9.95. The van der Waals surface area contributed by atoms with E-state index in [2.05, 4.69) is 13.8 Å². The summed E-state index contributed by atoms with van der Waals surface area (Å²) in [7, 11) is 0. The highest BCUT2D eigenvalue weighted by Gasteiger charge is 2.09. The van der Waals surface area contributed by atoms with Gasteiger partial charge in [0, 0.05) is 11.1 Å². The van der Waals surface area contributed by atoms with E-state index in [4.69, 9.17) is 0 Å². The quantitative estimate of drug-likeness (QED) is 0.697. The van der Waals surface area contributed by atoms with Crippen molar-refractivity contribution in [2.75, 3.05) is 0 Å². The van der Waals surface area contributed by atoms with Crippen LogP contribution in [0, 0.1) is 5.82 Å². The van der Waals surface area contributed by atoms with Crippen LogP contribution in [0.15, 0.2) is 42.5 Å². The van der Waals surface area contributed by atoms with Crippen molar-refractivity contribution in [1.29, 1.82) is 0 Å². The molecular formula is C18H19FO. The van der Waals surface area contributed by atoms with E-state index in [9.17, 15) is 9.18 Å². The van der Waals surface area contributed by atoms with E-state index in [1.165, 1.54) is 24.6 Å². The number of benzene rings is 2. The van der Waals surface area contributed by atoms with Crippen LogP contribution in [-0.4, -0.2) is 5.78 Å². The minimum atomic E-state index is -0.300. The van der Waals surface area contributed by atoms with E-state index in [0.717, 1.165) is 12.0 Å². The molecule has 20 heavy (non-hydrogen) atoms. The highest BCUT2D eigenvalue weighted by molar-refractivity contribution is 5.95. The van der Waals surface area contributed by atoms with Gasteiger partial charge in [-0.15, -0.1) is 0 Å². The van der Waals surface area contributed by atoms with Gasteiger partial charge in [-0.2, -0.15) is 0 Å². The molecule has 0 heterocycles. The molecule has 0 saturated carbocycles. The predicted octanol–water partition coefficient (Wildman–Crippen LogP) is 5.21. The van der Waals surface area contributed by atoms with Gasteiger partial charge in [0.05, 0.1) is 0 Å². The Morgan fingerprint density at radius 2 is 1.80 bits per heavy atom. The van der Waals surface area contributed by atoms with Gasteiger partial charge in [0.1, 0.15) is 5.82 Å². The Kier molecular flexibility index (Phi) is 4.33. The Labute approximate surface area is 119 Å². The molecule has 0 aliphatic heterocycles. The molecule has 1 nitrogen and oxygen atoms in total. The van der Waals surface area contributed by atoms with Gasteiger partial charge in [-0.05, 0) is 48.6 Å². The lowest BCUT2D eigenvalue weighted by Gasteiger charge is -2.11. The third kappa shape index (κ3) is 2.96. The molecule has 0 spiro atoms. The summed E-state index contributed by atoms with van der Waals surface area (Å²) in [6.45, 7) is 5.81. The van der Waals surface area contributed by atoms with E-state index in [0.29, 0.717) is 17.0 Å². The topological polar surface area (TPSA) is 17.1 Å². The normalized spacial score (nSPS) is 12.2. The first-order valence-corrected chi connectivity index (χ1v) is 6.93. The summed E-state index contributed by atoms with van der Waals surface area (Å²) < 4.78 is 13.9. The Morgan fingerprint density at radius 1 is 1.15 bits per heavy atom. The summed E-state index contributed by atoms with van der Waals surface area (Å²) in [6, 6.07) is 12.4. The second-order valence-electron chi connectivity index (χ2n) is 5.18. The highest BCUT2D eigenvalue weighted by Crippen LogP contribution is 2.27. The number of rotatable bonds is 4. The minimum absolute atomic E-state index is 0.0533. The molecule has 2 rings (SSSR count). The first-order valence-electron chi connectivity index (χ1n) is 6.93. The molecule has 0 radical (unpaired) electrons. The van der Waals surface area contributed by atoms with Crippen LogP contribution < -0.4 is 0 Å². The zero-order valence-electron chi connectivity index (χ0n) is 12.1. The predicted molar refractivity (Wildman–Crippen MR) is 80.5 cm³/mol. The Hall–Kier alpha value is -1.96. The smallest absolute Gasteiger partial charge is 0.159 e. The molecule has 0 aliphatic carbocycles. The molecule has 0 aliphatic rings. The van der Waals surface area contributed by atoms with Crippen molar-refractivity contribution in [2.24, 2.45) is 0 Å². The highest BCUT2D eigenvalue weighted by atomic mass is 19.1. The van der Waals surface area contributed by atoms with Crippen molar-refractivity contribution in [1.82, 2.24) is 0 Å². The number of halogens is 1. The monoisotopic (exact) mass is 270 g/mol. The zero-order chi connectivity index (χ0) is 14.7. The molecular weight excluding hydrogens is 251 g/mol. The van der Waals surface area contributed by atoms with Crippen LogP contribution in [0.1, 0.15) is 49.0 Å². The molecule has 0 fully saturated rings. The summed E-state index contributed by atoms with van der Waals surface area (Å²) in [5.41, 5.74) is 3.07. The fourth-order valence-corrected chi connectivity index (χ4v) is 2.19. The van der Waals surface area contributed by atoms with E-state index in [-0.39, 0.29) is 11.6 Å². The van der Waals surface area contributed by atoms with Gasteiger partial charge in [0.15, 0.2) is 5.78 Å². The van der Waals surface area contributed by atoms with Crippen LogP contribution in [0.5, 0.6) is 0 Å². The van der Waals surface area contributed by atoms with Crippen LogP contribution in [0.3, 0.4) is 0 Å². The fraction of sp³-hybridized carbons (Fsp3) is 0.278. The molecule has 1 unspecified atom stereocenters. The summed E-state index contributed by atoms with van der Waals surface area (Å²) in [4.78, 5) is 11.4. The zero-order valence-corrected chi connectivity index (χ0v) is 12.1. The maximum absolute atomic E-state index is 13.9. The Morgan fingerprint density at radius 3 is 2.35 bits per heavy atom. The van der Waals surface area contributed by atoms with Crippen molar-refractivity contribution in [3.05, 3.63) is 59.4 Å². The number of ketones is 1. The molecule has 0 saturated heterocycles. The third-order valence-corrected chi connectivity index (χ3v) is 3.78. The fourth-order valence-electron chi connectivity index (χ4n) is 2.19. The molecule has 2 aromatic carbocycles. The minimum Gasteiger partial charge on any atom is -0.295 e. The van der Waals surface area contributed by atoms with Crippen LogP contribution >= 0.6 is 0 Å². The molecule has 0 amide bonds. The average molecular weight is 270 g/mol. The Bertz CT molecular complexity index is 614. The number of carbonyl (C=O) groups excluding carboxylic acids is 1. The van der Waals surface area contributed by atoms with E-state index < -0.39 is 0 Å². The van der Waals surface area contributed by atoms with E-state index in [1.54, 1.807) is 6.07 Å². The first kappa shape index (κ1) is 14.4. The van der Waals surface area contributed by atoms with Crippen LogP contribution in [0.25, 0.3) is 11.1 Å². The molecule has 0 bridgehead atoms.